The fourth-order valence-electron chi connectivity index (χ4n) is 3.38. The lowest BCUT2D eigenvalue weighted by atomic mass is 10.0. The van der Waals surface area contributed by atoms with Gasteiger partial charge >= 0.3 is 11.9 Å². The van der Waals surface area contributed by atoms with E-state index in [1.54, 1.807) is 6.07 Å². The van der Waals surface area contributed by atoms with Gasteiger partial charge in [-0.1, -0.05) is 42.5 Å². The number of thioether (sulfide) groups is 1. The van der Waals surface area contributed by atoms with E-state index < -0.39 is 34.2 Å². The van der Waals surface area contributed by atoms with Gasteiger partial charge in [-0.2, -0.15) is 0 Å². The van der Waals surface area contributed by atoms with Crippen molar-refractivity contribution >= 4 is 35.1 Å². The van der Waals surface area contributed by atoms with Crippen molar-refractivity contribution in [1.29, 1.82) is 0 Å². The highest BCUT2D eigenvalue weighted by molar-refractivity contribution is 8.02. The molecule has 29 heavy (non-hydrogen) atoms. The smallest absolute Gasteiger partial charge is 0.339 e. The maximum atomic E-state index is 13.1. The summed E-state index contributed by atoms with van der Waals surface area (Å²) in [6, 6.07) is 16.5. The third-order valence-electron chi connectivity index (χ3n) is 4.51. The molecule has 0 spiro atoms. The number of carbonyl (C=O) groups excluding carboxylic acids is 2. The number of para-hydroxylation sites is 2. The molecule has 1 fully saturated rings. The Hall–Kier alpha value is -2.67. The average molecular weight is 415 g/mol. The summed E-state index contributed by atoms with van der Waals surface area (Å²) in [4.78, 5) is 27.7. The molecule has 0 aliphatic carbocycles. The average Bonchev–Trinajstić information content (AvgIpc) is 3.07. The van der Waals surface area contributed by atoms with E-state index in [1.165, 1.54) is 18.9 Å². The van der Waals surface area contributed by atoms with Crippen molar-refractivity contribution in [2.45, 2.75) is 43.0 Å². The Balaban J connectivity index is 2.14. The van der Waals surface area contributed by atoms with Crippen molar-refractivity contribution in [2.75, 3.05) is 17.7 Å². The first kappa shape index (κ1) is 21.0. The summed E-state index contributed by atoms with van der Waals surface area (Å²) in [5.74, 6) is -0.812. The molecule has 0 unspecified atom stereocenters. The monoisotopic (exact) mass is 414 g/mol. The zero-order valence-corrected chi connectivity index (χ0v) is 17.8. The Morgan fingerprint density at radius 1 is 1.00 bits per heavy atom. The number of hydrogen-bond donors (Lipinski definition) is 1. The number of carbonyl (C=O) groups is 2. The van der Waals surface area contributed by atoms with Gasteiger partial charge < -0.3 is 20.1 Å². The SMILES string of the molecule is COC(=O)[C@@H]1S[C@@H](C(=O)OC(C)(C)C)N(c2ccccc2N)[C@H]1c1ccccc1. The number of benzene rings is 2. The van der Waals surface area contributed by atoms with Crippen LogP contribution < -0.4 is 10.6 Å². The van der Waals surface area contributed by atoms with E-state index in [1.807, 2.05) is 74.2 Å². The van der Waals surface area contributed by atoms with Crippen LogP contribution in [0.2, 0.25) is 0 Å². The van der Waals surface area contributed by atoms with Gasteiger partial charge in [0, 0.05) is 0 Å². The number of methoxy groups -OCH3 is 1. The van der Waals surface area contributed by atoms with Crippen LogP contribution in [0.4, 0.5) is 11.4 Å². The minimum atomic E-state index is -0.742. The van der Waals surface area contributed by atoms with E-state index in [4.69, 9.17) is 15.2 Å². The third-order valence-corrected chi connectivity index (χ3v) is 5.93. The van der Waals surface area contributed by atoms with E-state index in [-0.39, 0.29) is 0 Å². The number of hydrogen-bond acceptors (Lipinski definition) is 7. The fourth-order valence-corrected chi connectivity index (χ4v) is 4.83. The number of nitrogen functional groups attached to an aromatic ring is 1. The van der Waals surface area contributed by atoms with E-state index in [0.29, 0.717) is 11.4 Å². The standard InChI is InChI=1S/C22H26N2O4S/c1-22(2,3)28-21(26)19-24(16-13-9-8-12-15(16)23)17(14-10-6-5-7-11-14)18(29-19)20(25)27-4/h5-13,17-19H,23H2,1-4H3/t17-,18+,19-/m0/s1. The van der Waals surface area contributed by atoms with Crippen LogP contribution in [0, 0.1) is 0 Å². The van der Waals surface area contributed by atoms with Crippen LogP contribution in [-0.2, 0) is 19.1 Å². The summed E-state index contributed by atoms with van der Waals surface area (Å²) < 4.78 is 10.7. The number of esters is 2. The van der Waals surface area contributed by atoms with Gasteiger partial charge in [-0.25, -0.2) is 4.79 Å². The Labute approximate surface area is 175 Å². The van der Waals surface area contributed by atoms with Gasteiger partial charge in [0.25, 0.3) is 0 Å². The molecule has 154 valence electrons. The highest BCUT2D eigenvalue weighted by Gasteiger charge is 2.51. The van der Waals surface area contributed by atoms with Gasteiger partial charge in [0.1, 0.15) is 10.9 Å². The molecule has 3 atom stereocenters. The first-order valence-electron chi connectivity index (χ1n) is 9.37. The maximum Gasteiger partial charge on any atom is 0.339 e. The topological polar surface area (TPSA) is 81.9 Å². The molecule has 0 amide bonds. The lowest BCUT2D eigenvalue weighted by Crippen LogP contribution is -2.41. The molecule has 1 saturated heterocycles. The summed E-state index contributed by atoms with van der Waals surface area (Å²) in [5, 5.41) is -1.35. The van der Waals surface area contributed by atoms with Gasteiger partial charge in [0.05, 0.1) is 24.5 Å². The van der Waals surface area contributed by atoms with E-state index >= 15 is 0 Å². The molecule has 1 heterocycles. The van der Waals surface area contributed by atoms with E-state index in [9.17, 15) is 9.59 Å². The summed E-state index contributed by atoms with van der Waals surface area (Å²) in [7, 11) is 1.35. The molecule has 0 saturated carbocycles. The van der Waals surface area contributed by atoms with Crippen LogP contribution in [0.1, 0.15) is 32.4 Å². The lowest BCUT2D eigenvalue weighted by Gasteiger charge is -2.33. The third kappa shape index (κ3) is 4.50. The van der Waals surface area contributed by atoms with Crippen LogP contribution in [-0.4, -0.2) is 35.3 Å². The fraction of sp³-hybridized carbons (Fsp3) is 0.364. The predicted molar refractivity (Wildman–Crippen MR) is 116 cm³/mol. The number of ether oxygens (including phenoxy) is 2. The summed E-state index contributed by atoms with van der Waals surface area (Å²) in [6.07, 6.45) is 0. The molecule has 2 N–H and O–H groups in total. The van der Waals surface area contributed by atoms with Crippen molar-refractivity contribution in [3.63, 3.8) is 0 Å². The van der Waals surface area contributed by atoms with Crippen molar-refractivity contribution < 1.29 is 19.1 Å². The second-order valence-electron chi connectivity index (χ2n) is 7.79. The van der Waals surface area contributed by atoms with Crippen molar-refractivity contribution in [3.05, 3.63) is 60.2 Å². The molecular weight excluding hydrogens is 388 g/mol. The first-order chi connectivity index (χ1) is 13.7. The highest BCUT2D eigenvalue weighted by atomic mass is 32.2. The van der Waals surface area contributed by atoms with Crippen LogP contribution in [0.15, 0.2) is 54.6 Å². The zero-order valence-electron chi connectivity index (χ0n) is 17.0. The van der Waals surface area contributed by atoms with Crippen molar-refractivity contribution in [1.82, 2.24) is 0 Å². The van der Waals surface area contributed by atoms with Crippen molar-refractivity contribution in [3.8, 4) is 0 Å². The summed E-state index contributed by atoms with van der Waals surface area (Å²) in [5.41, 5.74) is 7.70. The summed E-state index contributed by atoms with van der Waals surface area (Å²) in [6.45, 7) is 5.45. The second-order valence-corrected chi connectivity index (χ2v) is 9.01. The normalized spacial score (nSPS) is 21.7. The van der Waals surface area contributed by atoms with Gasteiger partial charge in [0.15, 0.2) is 5.37 Å². The van der Waals surface area contributed by atoms with Gasteiger partial charge in [-0.15, -0.1) is 11.8 Å². The largest absolute Gasteiger partial charge is 0.468 e. The number of nitrogens with two attached hydrogens (primary N) is 1. The second kappa shape index (κ2) is 8.37. The highest BCUT2D eigenvalue weighted by Crippen LogP contribution is 2.49. The van der Waals surface area contributed by atoms with Gasteiger partial charge in [-0.05, 0) is 38.5 Å². The van der Waals surface area contributed by atoms with Crippen LogP contribution in [0.5, 0.6) is 0 Å². The number of nitrogens with zero attached hydrogens (tertiary/aromatic N) is 1. The number of anilines is 2. The molecule has 0 aromatic heterocycles. The van der Waals surface area contributed by atoms with Gasteiger partial charge in [-0.3, -0.25) is 4.79 Å². The van der Waals surface area contributed by atoms with E-state index in [2.05, 4.69) is 0 Å². The zero-order chi connectivity index (χ0) is 21.2. The molecule has 0 bridgehead atoms. The molecule has 1 aliphatic rings. The molecule has 6 nitrogen and oxygen atoms in total. The Morgan fingerprint density at radius 2 is 1.62 bits per heavy atom. The van der Waals surface area contributed by atoms with Gasteiger partial charge in [0.2, 0.25) is 0 Å². The van der Waals surface area contributed by atoms with E-state index in [0.717, 1.165) is 5.56 Å². The minimum Gasteiger partial charge on any atom is -0.468 e. The van der Waals surface area contributed by atoms with Crippen LogP contribution in [0.3, 0.4) is 0 Å². The maximum absolute atomic E-state index is 13.1. The van der Waals surface area contributed by atoms with Crippen molar-refractivity contribution in [2.24, 2.45) is 0 Å². The Kier molecular flexibility index (Phi) is 6.07. The summed E-state index contributed by atoms with van der Waals surface area (Å²) >= 11 is 1.23. The molecule has 2 aromatic carbocycles. The Morgan fingerprint density at radius 3 is 2.21 bits per heavy atom. The molecule has 7 heteroatoms. The first-order valence-corrected chi connectivity index (χ1v) is 10.3. The van der Waals surface area contributed by atoms with Crippen LogP contribution in [0.25, 0.3) is 0 Å². The molecule has 3 rings (SSSR count). The Bertz CT molecular complexity index is 882. The molecule has 1 aliphatic heterocycles. The van der Waals surface area contributed by atoms with Crippen LogP contribution >= 0.6 is 11.8 Å². The predicted octanol–water partition coefficient (Wildman–Crippen LogP) is 3.77. The molecular formula is C22H26N2O4S. The molecule has 2 aromatic rings. The minimum absolute atomic E-state index is 0.394. The molecule has 0 radical (unpaired) electrons. The lowest BCUT2D eigenvalue weighted by molar-refractivity contribution is -0.154. The number of rotatable bonds is 4. The quantitative estimate of drug-likeness (QED) is 0.602.